The molecule has 6 heteroatoms. The fraction of sp³-hybridized carbons (Fsp3) is 0.308. The molecule has 0 unspecified atom stereocenters. The van der Waals surface area contributed by atoms with Gasteiger partial charge in [-0.25, -0.2) is 9.97 Å². The molecule has 2 aromatic heterocycles. The first kappa shape index (κ1) is 14.0. The zero-order valence-electron chi connectivity index (χ0n) is 10.9. The second kappa shape index (κ2) is 5.68. The van der Waals surface area contributed by atoms with Gasteiger partial charge in [-0.05, 0) is 34.6 Å². The summed E-state index contributed by atoms with van der Waals surface area (Å²) in [5.41, 5.74) is 1.44. The van der Waals surface area contributed by atoms with E-state index >= 15 is 0 Å². The highest BCUT2D eigenvalue weighted by Crippen LogP contribution is 2.20. The van der Waals surface area contributed by atoms with Gasteiger partial charge in [0, 0.05) is 17.8 Å². The van der Waals surface area contributed by atoms with Gasteiger partial charge in [-0.15, -0.1) is 0 Å². The second-order valence-corrected chi connectivity index (χ2v) is 5.44. The van der Waals surface area contributed by atoms with Crippen molar-refractivity contribution < 1.29 is 4.74 Å². The molecular weight excluding hydrogens is 357 g/mol. The van der Waals surface area contributed by atoms with Gasteiger partial charge in [0.25, 0.3) is 5.56 Å². The molecule has 2 heterocycles. The molecule has 0 spiro atoms. The van der Waals surface area contributed by atoms with Gasteiger partial charge < -0.3 is 9.72 Å². The van der Waals surface area contributed by atoms with Crippen LogP contribution < -0.4 is 10.3 Å². The summed E-state index contributed by atoms with van der Waals surface area (Å²) in [6.07, 6.45) is 1.63. The second-order valence-electron chi connectivity index (χ2n) is 4.36. The van der Waals surface area contributed by atoms with Crippen LogP contribution in [0.15, 0.2) is 23.1 Å². The number of halogens is 1. The standard InChI is InChI=1S/C13H14IN3O2/c1-7(2)11-10(14)13(18)17-12(16-11)8-4-5-9(19-3)15-6-8/h4-7H,1-3H3,(H,16,17,18). The largest absolute Gasteiger partial charge is 0.481 e. The third kappa shape index (κ3) is 2.94. The van der Waals surface area contributed by atoms with Gasteiger partial charge in [0.2, 0.25) is 5.88 Å². The molecule has 0 bridgehead atoms. The number of pyridine rings is 1. The van der Waals surface area contributed by atoms with Crippen LogP contribution in [0.3, 0.4) is 0 Å². The molecule has 2 aromatic rings. The maximum atomic E-state index is 11.9. The molecular formula is C13H14IN3O2. The van der Waals surface area contributed by atoms with Crippen molar-refractivity contribution >= 4 is 22.6 Å². The number of aromatic nitrogens is 3. The molecule has 0 atom stereocenters. The number of ether oxygens (including phenoxy) is 1. The topological polar surface area (TPSA) is 67.9 Å². The minimum Gasteiger partial charge on any atom is -0.481 e. The molecule has 19 heavy (non-hydrogen) atoms. The third-order valence-electron chi connectivity index (χ3n) is 2.65. The summed E-state index contributed by atoms with van der Waals surface area (Å²) in [5, 5.41) is 0. The van der Waals surface area contributed by atoms with Crippen LogP contribution in [0.25, 0.3) is 11.4 Å². The van der Waals surface area contributed by atoms with Gasteiger partial charge in [-0.2, -0.15) is 0 Å². The Bertz CT molecular complexity index is 635. The summed E-state index contributed by atoms with van der Waals surface area (Å²) in [4.78, 5) is 23.3. The minimum atomic E-state index is -0.120. The molecule has 0 fully saturated rings. The first-order valence-electron chi connectivity index (χ1n) is 5.83. The highest BCUT2D eigenvalue weighted by Gasteiger charge is 2.13. The predicted molar refractivity (Wildman–Crippen MR) is 81.4 cm³/mol. The highest BCUT2D eigenvalue weighted by molar-refractivity contribution is 14.1. The number of aromatic amines is 1. The molecule has 0 aliphatic rings. The Labute approximate surface area is 124 Å². The van der Waals surface area contributed by atoms with Crippen molar-refractivity contribution in [1.29, 1.82) is 0 Å². The van der Waals surface area contributed by atoms with Crippen LogP contribution in [0.5, 0.6) is 5.88 Å². The van der Waals surface area contributed by atoms with Crippen molar-refractivity contribution in [2.45, 2.75) is 19.8 Å². The van der Waals surface area contributed by atoms with Crippen molar-refractivity contribution in [2.24, 2.45) is 0 Å². The number of nitrogens with one attached hydrogen (secondary N) is 1. The van der Waals surface area contributed by atoms with Gasteiger partial charge in [0.05, 0.1) is 16.4 Å². The van der Waals surface area contributed by atoms with Crippen LogP contribution in [0.1, 0.15) is 25.5 Å². The van der Waals surface area contributed by atoms with Crippen molar-refractivity contribution in [3.8, 4) is 17.3 Å². The Hall–Kier alpha value is -1.44. The predicted octanol–water partition coefficient (Wildman–Crippen LogP) is 2.57. The lowest BCUT2D eigenvalue weighted by atomic mass is 10.1. The Morgan fingerprint density at radius 3 is 2.63 bits per heavy atom. The van der Waals surface area contributed by atoms with Gasteiger partial charge >= 0.3 is 0 Å². The summed E-state index contributed by atoms with van der Waals surface area (Å²) in [6, 6.07) is 3.56. The molecule has 100 valence electrons. The fourth-order valence-electron chi connectivity index (χ4n) is 1.64. The molecule has 2 rings (SSSR count). The summed E-state index contributed by atoms with van der Waals surface area (Å²) in [5.74, 6) is 1.25. The zero-order chi connectivity index (χ0) is 14.0. The first-order valence-corrected chi connectivity index (χ1v) is 6.91. The van der Waals surface area contributed by atoms with Crippen LogP contribution in [0.2, 0.25) is 0 Å². The fourth-order valence-corrected chi connectivity index (χ4v) is 2.51. The molecule has 1 N–H and O–H groups in total. The first-order chi connectivity index (χ1) is 9.02. The lowest BCUT2D eigenvalue weighted by Crippen LogP contribution is -2.17. The molecule has 0 aliphatic carbocycles. The number of hydrogen-bond donors (Lipinski definition) is 1. The van der Waals surface area contributed by atoms with Crippen LogP contribution in [-0.4, -0.2) is 22.1 Å². The Balaban J connectivity index is 2.53. The van der Waals surface area contributed by atoms with Crippen molar-refractivity contribution in [3.05, 3.63) is 37.9 Å². The maximum Gasteiger partial charge on any atom is 0.264 e. The molecule has 0 aromatic carbocycles. The monoisotopic (exact) mass is 371 g/mol. The lowest BCUT2D eigenvalue weighted by Gasteiger charge is -2.09. The van der Waals surface area contributed by atoms with E-state index in [2.05, 4.69) is 15.0 Å². The van der Waals surface area contributed by atoms with Crippen molar-refractivity contribution in [3.63, 3.8) is 0 Å². The van der Waals surface area contributed by atoms with E-state index in [1.807, 2.05) is 42.5 Å². The molecule has 0 radical (unpaired) electrons. The maximum absolute atomic E-state index is 11.9. The average molecular weight is 371 g/mol. The van der Waals surface area contributed by atoms with E-state index in [1.165, 1.54) is 0 Å². The minimum absolute atomic E-state index is 0.120. The lowest BCUT2D eigenvalue weighted by molar-refractivity contribution is 0.398. The summed E-state index contributed by atoms with van der Waals surface area (Å²) >= 11 is 2.03. The highest BCUT2D eigenvalue weighted by atomic mass is 127. The van der Waals surface area contributed by atoms with E-state index in [9.17, 15) is 4.79 Å². The van der Waals surface area contributed by atoms with E-state index in [1.54, 1.807) is 19.4 Å². The van der Waals surface area contributed by atoms with Crippen LogP contribution in [0, 0.1) is 3.57 Å². The number of nitrogens with zero attached hydrogens (tertiary/aromatic N) is 2. The van der Waals surface area contributed by atoms with E-state index in [4.69, 9.17) is 4.74 Å². The molecule has 0 saturated heterocycles. The van der Waals surface area contributed by atoms with Crippen molar-refractivity contribution in [2.75, 3.05) is 7.11 Å². The number of H-pyrrole nitrogens is 1. The van der Waals surface area contributed by atoms with E-state index in [0.29, 0.717) is 15.3 Å². The summed E-state index contributed by atoms with van der Waals surface area (Å²) in [7, 11) is 1.56. The Morgan fingerprint density at radius 1 is 1.37 bits per heavy atom. The van der Waals surface area contributed by atoms with Gasteiger partial charge in [0.15, 0.2) is 0 Å². The SMILES string of the molecule is COc1ccc(-c2nc(C(C)C)c(I)c(=O)[nH]2)cn1. The summed E-state index contributed by atoms with van der Waals surface area (Å²) < 4.78 is 5.64. The van der Waals surface area contributed by atoms with Crippen molar-refractivity contribution in [1.82, 2.24) is 15.0 Å². The normalized spacial score (nSPS) is 10.8. The van der Waals surface area contributed by atoms with E-state index in [-0.39, 0.29) is 11.5 Å². The van der Waals surface area contributed by atoms with Crippen LogP contribution in [0.4, 0.5) is 0 Å². The Morgan fingerprint density at radius 2 is 2.11 bits per heavy atom. The number of rotatable bonds is 3. The molecule has 0 saturated carbocycles. The summed E-state index contributed by atoms with van der Waals surface area (Å²) in [6.45, 7) is 4.03. The third-order valence-corrected chi connectivity index (χ3v) is 3.70. The zero-order valence-corrected chi connectivity index (χ0v) is 13.1. The van der Waals surface area contributed by atoms with Crippen LogP contribution >= 0.6 is 22.6 Å². The van der Waals surface area contributed by atoms with Gasteiger partial charge in [0.1, 0.15) is 5.82 Å². The number of hydrogen-bond acceptors (Lipinski definition) is 4. The average Bonchev–Trinajstić information content (AvgIpc) is 2.41. The molecule has 0 aliphatic heterocycles. The van der Waals surface area contributed by atoms with Gasteiger partial charge in [-0.1, -0.05) is 13.8 Å². The quantitative estimate of drug-likeness (QED) is 0.843. The Kier molecular flexibility index (Phi) is 4.18. The van der Waals surface area contributed by atoms with E-state index in [0.717, 1.165) is 11.3 Å². The number of methoxy groups -OCH3 is 1. The van der Waals surface area contributed by atoms with E-state index < -0.39 is 0 Å². The van der Waals surface area contributed by atoms with Gasteiger partial charge in [-0.3, -0.25) is 4.79 Å². The molecule has 5 nitrogen and oxygen atoms in total. The van der Waals surface area contributed by atoms with Crippen LogP contribution in [-0.2, 0) is 0 Å². The molecule has 0 amide bonds. The smallest absolute Gasteiger partial charge is 0.264 e.